The third-order valence-electron chi connectivity index (χ3n) is 3.80. The van der Waals surface area contributed by atoms with Crippen molar-refractivity contribution in [3.05, 3.63) is 83.7 Å². The van der Waals surface area contributed by atoms with Gasteiger partial charge in [-0.25, -0.2) is 14.2 Å². The molecule has 5 nitrogen and oxygen atoms in total. The van der Waals surface area contributed by atoms with Crippen LogP contribution in [0.4, 0.5) is 14.9 Å². The predicted octanol–water partition coefficient (Wildman–Crippen LogP) is 3.70. The van der Waals surface area contributed by atoms with Gasteiger partial charge in [-0.05, 0) is 36.2 Å². The molecule has 0 aliphatic heterocycles. The molecule has 2 amide bonds. The Kier molecular flexibility index (Phi) is 5.09. The first-order valence-electron chi connectivity index (χ1n) is 7.96. The highest BCUT2D eigenvalue weighted by Gasteiger charge is 2.04. The molecular formula is C19H19FN4O. The van der Waals surface area contributed by atoms with Gasteiger partial charge in [0.1, 0.15) is 11.6 Å². The number of aromatic nitrogens is 2. The molecule has 1 aromatic heterocycles. The topological polar surface area (TPSA) is 59.0 Å². The Morgan fingerprint density at radius 3 is 2.72 bits per heavy atom. The summed E-state index contributed by atoms with van der Waals surface area (Å²) in [5.74, 6) is 0.568. The molecule has 0 aliphatic carbocycles. The Bertz CT molecular complexity index is 875. The molecule has 3 aromatic rings. The molecule has 0 unspecified atom stereocenters. The number of anilines is 1. The van der Waals surface area contributed by atoms with Crippen molar-refractivity contribution < 1.29 is 9.18 Å². The first-order valence-corrected chi connectivity index (χ1v) is 7.96. The van der Waals surface area contributed by atoms with Crippen molar-refractivity contribution in [3.63, 3.8) is 0 Å². The van der Waals surface area contributed by atoms with Crippen LogP contribution >= 0.6 is 0 Å². The molecule has 0 atom stereocenters. The maximum absolute atomic E-state index is 13.1. The largest absolute Gasteiger partial charge is 0.334 e. The zero-order valence-corrected chi connectivity index (χ0v) is 13.9. The van der Waals surface area contributed by atoms with E-state index < -0.39 is 0 Å². The Morgan fingerprint density at radius 1 is 1.16 bits per heavy atom. The van der Waals surface area contributed by atoms with E-state index in [-0.39, 0.29) is 11.8 Å². The summed E-state index contributed by atoms with van der Waals surface area (Å²) in [6.45, 7) is 3.08. The maximum atomic E-state index is 13.1. The Hall–Kier alpha value is -3.15. The molecule has 0 saturated heterocycles. The lowest BCUT2D eigenvalue weighted by Gasteiger charge is -2.10. The van der Waals surface area contributed by atoms with Gasteiger partial charge in [-0.2, -0.15) is 0 Å². The van der Waals surface area contributed by atoms with Gasteiger partial charge in [-0.15, -0.1) is 0 Å². The predicted molar refractivity (Wildman–Crippen MR) is 94.8 cm³/mol. The van der Waals surface area contributed by atoms with E-state index in [9.17, 15) is 9.18 Å². The van der Waals surface area contributed by atoms with Gasteiger partial charge in [0.2, 0.25) is 0 Å². The molecule has 0 spiro atoms. The first-order chi connectivity index (χ1) is 12.1. The molecule has 128 valence electrons. The highest BCUT2D eigenvalue weighted by atomic mass is 19.1. The number of rotatable bonds is 5. The average molecular weight is 338 g/mol. The molecule has 0 aliphatic rings. The van der Waals surface area contributed by atoms with E-state index >= 15 is 0 Å². The third kappa shape index (κ3) is 4.67. The van der Waals surface area contributed by atoms with Crippen LogP contribution in [0.3, 0.4) is 0 Å². The van der Waals surface area contributed by atoms with Crippen LogP contribution in [0.1, 0.15) is 17.0 Å². The fraction of sp³-hybridized carbons (Fsp3) is 0.158. The monoisotopic (exact) mass is 338 g/mol. The number of urea groups is 1. The van der Waals surface area contributed by atoms with Crippen LogP contribution in [0.5, 0.6) is 0 Å². The molecule has 6 heteroatoms. The van der Waals surface area contributed by atoms with Crippen molar-refractivity contribution in [2.24, 2.45) is 0 Å². The number of hydrogen-bond donors (Lipinski definition) is 2. The smallest absolute Gasteiger partial charge is 0.319 e. The number of nitrogens with one attached hydrogen (secondary N) is 2. The SMILES string of the molecule is Cc1nccn1Cc1cccc(CNC(=O)Nc2cccc(F)c2)c1. The van der Waals surface area contributed by atoms with Gasteiger partial charge in [-0.1, -0.05) is 30.3 Å². The Labute approximate surface area is 145 Å². The van der Waals surface area contributed by atoms with E-state index in [2.05, 4.69) is 20.2 Å². The summed E-state index contributed by atoms with van der Waals surface area (Å²) in [4.78, 5) is 16.1. The van der Waals surface area contributed by atoms with Crippen molar-refractivity contribution in [2.75, 3.05) is 5.32 Å². The minimum absolute atomic E-state index is 0.374. The van der Waals surface area contributed by atoms with Gasteiger partial charge >= 0.3 is 6.03 Å². The van der Waals surface area contributed by atoms with E-state index in [1.165, 1.54) is 12.1 Å². The number of hydrogen-bond acceptors (Lipinski definition) is 2. The number of carbonyl (C=O) groups is 1. The van der Waals surface area contributed by atoms with E-state index in [1.807, 2.05) is 37.4 Å². The fourth-order valence-electron chi connectivity index (χ4n) is 2.53. The van der Waals surface area contributed by atoms with Gasteiger partial charge < -0.3 is 15.2 Å². The van der Waals surface area contributed by atoms with Crippen LogP contribution in [0, 0.1) is 12.7 Å². The maximum Gasteiger partial charge on any atom is 0.319 e. The Balaban J connectivity index is 1.57. The summed E-state index contributed by atoms with van der Waals surface area (Å²) in [6, 6.07) is 13.4. The van der Waals surface area contributed by atoms with E-state index in [0.717, 1.165) is 23.5 Å². The number of benzene rings is 2. The molecule has 2 aromatic carbocycles. The molecule has 2 N–H and O–H groups in total. The van der Waals surface area contributed by atoms with E-state index in [1.54, 1.807) is 18.3 Å². The number of imidazole rings is 1. The van der Waals surface area contributed by atoms with Crippen LogP contribution < -0.4 is 10.6 Å². The van der Waals surface area contributed by atoms with Crippen molar-refractivity contribution in [1.82, 2.24) is 14.9 Å². The minimum atomic E-state index is -0.389. The second kappa shape index (κ2) is 7.61. The van der Waals surface area contributed by atoms with Gasteiger partial charge in [-0.3, -0.25) is 0 Å². The molecular weight excluding hydrogens is 319 g/mol. The number of halogens is 1. The molecule has 0 saturated carbocycles. The lowest BCUT2D eigenvalue weighted by atomic mass is 10.1. The van der Waals surface area contributed by atoms with Crippen molar-refractivity contribution in [3.8, 4) is 0 Å². The molecule has 3 rings (SSSR count). The second-order valence-corrected chi connectivity index (χ2v) is 5.74. The van der Waals surface area contributed by atoms with Crippen molar-refractivity contribution in [2.45, 2.75) is 20.0 Å². The number of nitrogens with zero attached hydrogens (tertiary/aromatic N) is 2. The summed E-state index contributed by atoms with van der Waals surface area (Å²) < 4.78 is 15.2. The molecule has 0 radical (unpaired) electrons. The number of amides is 2. The summed E-state index contributed by atoms with van der Waals surface area (Å²) in [5, 5.41) is 5.38. The van der Waals surface area contributed by atoms with Gasteiger partial charge in [0.15, 0.2) is 0 Å². The van der Waals surface area contributed by atoms with Crippen LogP contribution in [0.25, 0.3) is 0 Å². The quantitative estimate of drug-likeness (QED) is 0.745. The third-order valence-corrected chi connectivity index (χ3v) is 3.80. The second-order valence-electron chi connectivity index (χ2n) is 5.74. The highest BCUT2D eigenvalue weighted by Crippen LogP contribution is 2.10. The summed E-state index contributed by atoms with van der Waals surface area (Å²) >= 11 is 0. The minimum Gasteiger partial charge on any atom is -0.334 e. The lowest BCUT2D eigenvalue weighted by molar-refractivity contribution is 0.251. The van der Waals surface area contributed by atoms with Gasteiger partial charge in [0, 0.05) is 31.2 Å². The molecule has 25 heavy (non-hydrogen) atoms. The standard InChI is InChI=1S/C19H19FN4O/c1-14-21-8-9-24(14)13-16-5-2-4-15(10-16)12-22-19(25)23-18-7-3-6-17(20)11-18/h2-11H,12-13H2,1H3,(H2,22,23,25). The molecule has 0 fully saturated rings. The van der Waals surface area contributed by atoms with Crippen LogP contribution in [-0.2, 0) is 13.1 Å². The van der Waals surface area contributed by atoms with E-state index in [4.69, 9.17) is 0 Å². The van der Waals surface area contributed by atoms with Crippen molar-refractivity contribution in [1.29, 1.82) is 0 Å². The van der Waals surface area contributed by atoms with Crippen LogP contribution in [0.15, 0.2) is 60.9 Å². The van der Waals surface area contributed by atoms with Gasteiger partial charge in [0.25, 0.3) is 0 Å². The zero-order valence-electron chi connectivity index (χ0n) is 13.9. The number of aryl methyl sites for hydroxylation is 1. The average Bonchev–Trinajstić information content (AvgIpc) is 2.98. The first kappa shape index (κ1) is 16.7. The molecule has 1 heterocycles. The Morgan fingerprint density at radius 2 is 1.96 bits per heavy atom. The van der Waals surface area contributed by atoms with Crippen LogP contribution in [0.2, 0.25) is 0 Å². The van der Waals surface area contributed by atoms with Crippen LogP contribution in [-0.4, -0.2) is 15.6 Å². The highest BCUT2D eigenvalue weighted by molar-refractivity contribution is 5.89. The molecule has 0 bridgehead atoms. The summed E-state index contributed by atoms with van der Waals surface area (Å²) in [5.41, 5.74) is 2.54. The number of carbonyl (C=O) groups excluding carboxylic acids is 1. The lowest BCUT2D eigenvalue weighted by Crippen LogP contribution is -2.28. The fourth-order valence-corrected chi connectivity index (χ4v) is 2.53. The van der Waals surface area contributed by atoms with Gasteiger partial charge in [0.05, 0.1) is 0 Å². The summed E-state index contributed by atoms with van der Waals surface area (Å²) in [6.07, 6.45) is 3.71. The van der Waals surface area contributed by atoms with E-state index in [0.29, 0.717) is 12.2 Å². The summed E-state index contributed by atoms with van der Waals surface area (Å²) in [7, 11) is 0. The zero-order chi connectivity index (χ0) is 17.6. The van der Waals surface area contributed by atoms with Crippen molar-refractivity contribution >= 4 is 11.7 Å². The normalized spacial score (nSPS) is 10.5.